The van der Waals surface area contributed by atoms with Crippen molar-refractivity contribution in [2.24, 2.45) is 5.73 Å². The van der Waals surface area contributed by atoms with E-state index in [0.29, 0.717) is 0 Å². The SMILES string of the molecule is N[C@H]1C[S@@+]([O-])C1. The smallest absolute Gasteiger partial charge is 0.125 e. The van der Waals surface area contributed by atoms with Crippen molar-refractivity contribution < 1.29 is 4.55 Å². The molecule has 0 saturated carbocycles. The Morgan fingerprint density at radius 3 is 2.17 bits per heavy atom. The average Bonchev–Trinajstić information content (AvgIpc) is 1.33. The molecule has 0 aliphatic carbocycles. The molecule has 0 radical (unpaired) electrons. The first-order valence-corrected chi connectivity index (χ1v) is 3.38. The van der Waals surface area contributed by atoms with E-state index in [-0.39, 0.29) is 6.04 Å². The molecule has 0 aromatic rings. The summed E-state index contributed by atoms with van der Waals surface area (Å²) in [7, 11) is 0. The van der Waals surface area contributed by atoms with Gasteiger partial charge in [0.2, 0.25) is 0 Å². The van der Waals surface area contributed by atoms with Crippen LogP contribution in [0.3, 0.4) is 0 Å². The first kappa shape index (κ1) is 4.43. The quantitative estimate of drug-likeness (QED) is 0.405. The van der Waals surface area contributed by atoms with E-state index in [9.17, 15) is 4.55 Å². The normalized spacial score (nSPS) is 45.0. The largest absolute Gasteiger partial charge is 0.616 e. The molecular weight excluding hydrogens is 98.1 g/mol. The molecule has 0 aromatic heterocycles. The zero-order valence-corrected chi connectivity index (χ0v) is 4.20. The van der Waals surface area contributed by atoms with E-state index in [2.05, 4.69) is 0 Å². The second kappa shape index (κ2) is 1.40. The summed E-state index contributed by atoms with van der Waals surface area (Å²) in [6, 6.07) is 0.242. The number of hydrogen-bond acceptors (Lipinski definition) is 2. The minimum absolute atomic E-state index is 0.242. The summed E-state index contributed by atoms with van der Waals surface area (Å²) in [6.07, 6.45) is 0. The lowest BCUT2D eigenvalue weighted by Crippen LogP contribution is -2.47. The summed E-state index contributed by atoms with van der Waals surface area (Å²) in [5, 5.41) is 0. The molecule has 0 aromatic carbocycles. The monoisotopic (exact) mass is 105 g/mol. The van der Waals surface area contributed by atoms with E-state index in [1.807, 2.05) is 0 Å². The minimum atomic E-state index is -0.547. The Morgan fingerprint density at radius 1 is 1.67 bits per heavy atom. The van der Waals surface area contributed by atoms with Gasteiger partial charge in [-0.05, 0) is 0 Å². The van der Waals surface area contributed by atoms with E-state index in [0.717, 1.165) is 11.5 Å². The average molecular weight is 105 g/mol. The molecule has 1 fully saturated rings. The van der Waals surface area contributed by atoms with Crippen LogP contribution in [0.5, 0.6) is 0 Å². The van der Waals surface area contributed by atoms with Crippen LogP contribution < -0.4 is 5.73 Å². The molecule has 0 bridgehead atoms. The summed E-state index contributed by atoms with van der Waals surface area (Å²) in [4.78, 5) is 0. The molecule has 1 heterocycles. The van der Waals surface area contributed by atoms with Crippen molar-refractivity contribution in [1.29, 1.82) is 0 Å². The Balaban J connectivity index is 2.11. The zero-order valence-electron chi connectivity index (χ0n) is 3.39. The highest BCUT2D eigenvalue weighted by atomic mass is 32.2. The molecular formula is C3H7NOS. The summed E-state index contributed by atoms with van der Waals surface area (Å²) >= 11 is -0.547. The predicted octanol–water partition coefficient (Wildman–Crippen LogP) is -0.924. The zero-order chi connectivity index (χ0) is 4.57. The van der Waals surface area contributed by atoms with Crippen LogP contribution in [-0.2, 0) is 11.2 Å². The van der Waals surface area contributed by atoms with Gasteiger partial charge in [0.1, 0.15) is 11.5 Å². The second-order valence-electron chi connectivity index (χ2n) is 1.53. The van der Waals surface area contributed by atoms with Crippen LogP contribution in [0.1, 0.15) is 0 Å². The molecule has 3 heteroatoms. The van der Waals surface area contributed by atoms with Crippen molar-refractivity contribution in [1.82, 2.24) is 0 Å². The van der Waals surface area contributed by atoms with Crippen molar-refractivity contribution in [3.05, 3.63) is 0 Å². The molecule has 2 N–H and O–H groups in total. The molecule has 1 aliphatic heterocycles. The van der Waals surface area contributed by atoms with Crippen LogP contribution in [0.25, 0.3) is 0 Å². The molecule has 1 aliphatic rings. The van der Waals surface area contributed by atoms with Crippen molar-refractivity contribution in [2.45, 2.75) is 6.04 Å². The lowest BCUT2D eigenvalue weighted by Gasteiger charge is -2.24. The van der Waals surface area contributed by atoms with Crippen molar-refractivity contribution in [3.8, 4) is 0 Å². The summed E-state index contributed by atoms with van der Waals surface area (Å²) in [6.45, 7) is 0. The van der Waals surface area contributed by atoms with Gasteiger partial charge >= 0.3 is 0 Å². The molecule has 0 amide bonds. The Hall–Kier alpha value is 0.270. The summed E-state index contributed by atoms with van der Waals surface area (Å²) in [5.74, 6) is 1.44. The van der Waals surface area contributed by atoms with Crippen LogP contribution in [0.15, 0.2) is 0 Å². The van der Waals surface area contributed by atoms with Gasteiger partial charge in [0.05, 0.1) is 6.04 Å². The van der Waals surface area contributed by atoms with Gasteiger partial charge in [-0.15, -0.1) is 0 Å². The van der Waals surface area contributed by atoms with Crippen LogP contribution in [0.4, 0.5) is 0 Å². The van der Waals surface area contributed by atoms with Crippen molar-refractivity contribution in [3.63, 3.8) is 0 Å². The predicted molar refractivity (Wildman–Crippen MR) is 25.9 cm³/mol. The fourth-order valence-corrected chi connectivity index (χ4v) is 1.29. The van der Waals surface area contributed by atoms with Crippen LogP contribution in [0.2, 0.25) is 0 Å². The number of rotatable bonds is 0. The van der Waals surface area contributed by atoms with Gasteiger partial charge < -0.3 is 10.3 Å². The maximum absolute atomic E-state index is 10.1. The molecule has 0 spiro atoms. The summed E-state index contributed by atoms with van der Waals surface area (Å²) in [5.41, 5.74) is 5.28. The maximum Gasteiger partial charge on any atom is 0.125 e. The highest BCUT2D eigenvalue weighted by Crippen LogP contribution is 2.06. The highest BCUT2D eigenvalue weighted by Gasteiger charge is 2.27. The van der Waals surface area contributed by atoms with Gasteiger partial charge in [0.25, 0.3) is 0 Å². The summed E-state index contributed by atoms with van der Waals surface area (Å²) < 4.78 is 10.1. The second-order valence-corrected chi connectivity index (χ2v) is 3.08. The van der Waals surface area contributed by atoms with Gasteiger partial charge in [-0.3, -0.25) is 0 Å². The van der Waals surface area contributed by atoms with Gasteiger partial charge in [0.15, 0.2) is 0 Å². The molecule has 6 heavy (non-hydrogen) atoms. The van der Waals surface area contributed by atoms with E-state index in [4.69, 9.17) is 5.73 Å². The number of hydrogen-bond donors (Lipinski definition) is 1. The fourth-order valence-electron chi connectivity index (χ4n) is 0.429. The maximum atomic E-state index is 10.1. The minimum Gasteiger partial charge on any atom is -0.616 e. The first-order valence-electron chi connectivity index (χ1n) is 1.89. The van der Waals surface area contributed by atoms with E-state index in [1.165, 1.54) is 0 Å². The lowest BCUT2D eigenvalue weighted by molar-refractivity contribution is 0.563. The number of nitrogens with two attached hydrogens (primary N) is 1. The third-order valence-corrected chi connectivity index (χ3v) is 2.40. The third kappa shape index (κ3) is 0.668. The van der Waals surface area contributed by atoms with Crippen LogP contribution >= 0.6 is 0 Å². The van der Waals surface area contributed by atoms with E-state index in [1.54, 1.807) is 0 Å². The van der Waals surface area contributed by atoms with Crippen molar-refractivity contribution >= 4 is 11.2 Å². The molecule has 1 rings (SSSR count). The first-order chi connectivity index (χ1) is 2.79. The van der Waals surface area contributed by atoms with Gasteiger partial charge in [-0.1, -0.05) is 11.2 Å². The molecule has 0 atom stereocenters. The molecule has 36 valence electrons. The van der Waals surface area contributed by atoms with Crippen LogP contribution in [0, 0.1) is 0 Å². The molecule has 1 saturated heterocycles. The van der Waals surface area contributed by atoms with Crippen LogP contribution in [-0.4, -0.2) is 22.1 Å². The van der Waals surface area contributed by atoms with Gasteiger partial charge in [0, 0.05) is 0 Å². The fraction of sp³-hybridized carbons (Fsp3) is 1.00. The Bertz CT molecular complexity index is 46.8. The lowest BCUT2D eigenvalue weighted by atomic mass is 10.4. The van der Waals surface area contributed by atoms with Gasteiger partial charge in [-0.25, -0.2) is 0 Å². The van der Waals surface area contributed by atoms with E-state index < -0.39 is 11.2 Å². The highest BCUT2D eigenvalue weighted by molar-refractivity contribution is 7.92. The Morgan fingerprint density at radius 2 is 2.17 bits per heavy atom. The Labute approximate surface area is 39.9 Å². The van der Waals surface area contributed by atoms with Gasteiger partial charge in [-0.2, -0.15) is 0 Å². The Kier molecular flexibility index (Phi) is 1.04. The molecule has 0 unspecified atom stereocenters. The third-order valence-electron chi connectivity index (χ3n) is 0.800. The topological polar surface area (TPSA) is 49.1 Å². The molecule has 2 nitrogen and oxygen atoms in total. The standard InChI is InChI=1S/C3H7NOS/c4-3-1-6(5)2-3/h3H,1-2,4H2/t3-,6+. The van der Waals surface area contributed by atoms with Crippen molar-refractivity contribution in [2.75, 3.05) is 11.5 Å². The van der Waals surface area contributed by atoms with E-state index >= 15 is 0 Å².